The van der Waals surface area contributed by atoms with Gasteiger partial charge in [-0.25, -0.2) is 0 Å². The molecule has 10 heavy (non-hydrogen) atoms. The highest BCUT2D eigenvalue weighted by Crippen LogP contribution is 1.80. The van der Waals surface area contributed by atoms with E-state index in [9.17, 15) is 4.79 Å². The maximum Gasteiger partial charge on any atom is 0.221 e. The monoisotopic (exact) mass is 146 g/mol. The van der Waals surface area contributed by atoms with Gasteiger partial charge in [-0.15, -0.1) is 0 Å². The number of amides is 1. The van der Waals surface area contributed by atoms with Gasteiger partial charge < -0.3 is 16.2 Å². The first-order chi connectivity index (χ1) is 4.70. The highest BCUT2D eigenvalue weighted by Gasteiger charge is 2.03. The summed E-state index contributed by atoms with van der Waals surface area (Å²) in [6, 6.07) is -0.168. The van der Waals surface area contributed by atoms with E-state index in [4.69, 9.17) is 10.8 Å². The van der Waals surface area contributed by atoms with E-state index in [0.717, 1.165) is 0 Å². The minimum atomic E-state index is -0.168. The Morgan fingerprint density at radius 2 is 2.40 bits per heavy atom. The van der Waals surface area contributed by atoms with E-state index in [0.29, 0.717) is 13.0 Å². The van der Waals surface area contributed by atoms with Gasteiger partial charge in [0.25, 0.3) is 0 Å². The SMILES string of the molecule is C[C@@H](CO)NC(=O)CCN. The van der Waals surface area contributed by atoms with Crippen molar-refractivity contribution in [2.75, 3.05) is 13.2 Å². The molecule has 0 aliphatic rings. The fourth-order valence-corrected chi connectivity index (χ4v) is 0.524. The van der Waals surface area contributed by atoms with Crippen molar-refractivity contribution >= 4 is 5.91 Å². The predicted molar refractivity (Wildman–Crippen MR) is 38.4 cm³/mol. The predicted octanol–water partition coefficient (Wildman–Crippen LogP) is -1.17. The molecule has 4 nitrogen and oxygen atoms in total. The second-order valence-corrected chi connectivity index (χ2v) is 2.19. The Labute approximate surface area is 60.4 Å². The molecule has 4 heteroatoms. The van der Waals surface area contributed by atoms with Crippen molar-refractivity contribution in [1.82, 2.24) is 5.32 Å². The Morgan fingerprint density at radius 1 is 1.80 bits per heavy atom. The van der Waals surface area contributed by atoms with Gasteiger partial charge in [0.15, 0.2) is 0 Å². The summed E-state index contributed by atoms with van der Waals surface area (Å²) in [6.45, 7) is 2.05. The lowest BCUT2D eigenvalue weighted by atomic mass is 10.3. The number of carbonyl (C=O) groups excluding carboxylic acids is 1. The Bertz CT molecular complexity index is 106. The van der Waals surface area contributed by atoms with Crippen LogP contribution in [0, 0.1) is 0 Å². The van der Waals surface area contributed by atoms with Gasteiger partial charge in [0.05, 0.1) is 6.61 Å². The standard InChI is InChI=1S/C6H14N2O2/c1-5(4-9)8-6(10)2-3-7/h5,9H,2-4,7H2,1H3,(H,8,10)/t5-/m0/s1. The molecule has 0 heterocycles. The van der Waals surface area contributed by atoms with Crippen LogP contribution in [0.3, 0.4) is 0 Å². The van der Waals surface area contributed by atoms with Crippen LogP contribution in [0.15, 0.2) is 0 Å². The van der Waals surface area contributed by atoms with E-state index in [-0.39, 0.29) is 18.6 Å². The molecule has 0 aromatic heterocycles. The van der Waals surface area contributed by atoms with Crippen molar-refractivity contribution in [2.24, 2.45) is 5.73 Å². The van der Waals surface area contributed by atoms with Gasteiger partial charge in [0.1, 0.15) is 0 Å². The van der Waals surface area contributed by atoms with Crippen LogP contribution in [0.25, 0.3) is 0 Å². The second-order valence-electron chi connectivity index (χ2n) is 2.19. The highest BCUT2D eigenvalue weighted by atomic mass is 16.3. The molecule has 0 aliphatic heterocycles. The summed E-state index contributed by atoms with van der Waals surface area (Å²) in [5, 5.41) is 11.1. The van der Waals surface area contributed by atoms with Crippen molar-refractivity contribution in [2.45, 2.75) is 19.4 Å². The van der Waals surface area contributed by atoms with Gasteiger partial charge in [-0.1, -0.05) is 0 Å². The van der Waals surface area contributed by atoms with Crippen molar-refractivity contribution in [3.8, 4) is 0 Å². The van der Waals surface area contributed by atoms with E-state index < -0.39 is 0 Å². The third kappa shape index (κ3) is 4.29. The van der Waals surface area contributed by atoms with Crippen LogP contribution in [0.2, 0.25) is 0 Å². The zero-order valence-electron chi connectivity index (χ0n) is 6.13. The van der Waals surface area contributed by atoms with Gasteiger partial charge >= 0.3 is 0 Å². The zero-order valence-corrected chi connectivity index (χ0v) is 6.13. The Balaban J connectivity index is 3.37. The highest BCUT2D eigenvalue weighted by molar-refractivity contribution is 5.76. The molecule has 0 rings (SSSR count). The van der Waals surface area contributed by atoms with Crippen molar-refractivity contribution < 1.29 is 9.90 Å². The fraction of sp³-hybridized carbons (Fsp3) is 0.833. The summed E-state index contributed by atoms with van der Waals surface area (Å²) < 4.78 is 0. The van der Waals surface area contributed by atoms with Crippen LogP contribution < -0.4 is 11.1 Å². The molecule has 1 amide bonds. The van der Waals surface area contributed by atoms with E-state index in [2.05, 4.69) is 5.32 Å². The largest absolute Gasteiger partial charge is 0.394 e. The lowest BCUT2D eigenvalue weighted by molar-refractivity contribution is -0.121. The normalized spacial score (nSPS) is 12.7. The molecule has 0 aromatic carbocycles. The summed E-state index contributed by atoms with van der Waals surface area (Å²) in [5.74, 6) is -0.107. The zero-order chi connectivity index (χ0) is 7.98. The molecule has 0 fully saturated rings. The quantitative estimate of drug-likeness (QED) is 0.468. The van der Waals surface area contributed by atoms with E-state index in [1.807, 2.05) is 0 Å². The fourth-order valence-electron chi connectivity index (χ4n) is 0.524. The summed E-state index contributed by atoms with van der Waals surface area (Å²) in [5.41, 5.74) is 5.12. The van der Waals surface area contributed by atoms with Crippen LogP contribution in [0.4, 0.5) is 0 Å². The first-order valence-corrected chi connectivity index (χ1v) is 3.31. The van der Waals surface area contributed by atoms with Crippen LogP contribution >= 0.6 is 0 Å². The Hall–Kier alpha value is -0.610. The first-order valence-electron chi connectivity index (χ1n) is 3.31. The maximum atomic E-state index is 10.7. The minimum absolute atomic E-state index is 0.0314. The second kappa shape index (κ2) is 5.20. The van der Waals surface area contributed by atoms with Crippen LogP contribution in [-0.2, 0) is 4.79 Å². The van der Waals surface area contributed by atoms with Gasteiger partial charge in [0, 0.05) is 19.0 Å². The molecule has 0 radical (unpaired) electrons. The topological polar surface area (TPSA) is 75.3 Å². The molecule has 0 aliphatic carbocycles. The minimum Gasteiger partial charge on any atom is -0.394 e. The smallest absolute Gasteiger partial charge is 0.221 e. The summed E-state index contributed by atoms with van der Waals surface area (Å²) in [6.07, 6.45) is 0.324. The van der Waals surface area contributed by atoms with Gasteiger partial charge in [-0.05, 0) is 6.92 Å². The van der Waals surface area contributed by atoms with Crippen molar-refractivity contribution in [3.05, 3.63) is 0 Å². The number of hydrogen-bond donors (Lipinski definition) is 3. The summed E-state index contributed by atoms with van der Waals surface area (Å²) in [7, 11) is 0. The molecule has 0 unspecified atom stereocenters. The lowest BCUT2D eigenvalue weighted by Crippen LogP contribution is -2.35. The molecule has 4 N–H and O–H groups in total. The number of hydrogen-bond acceptors (Lipinski definition) is 3. The maximum absolute atomic E-state index is 10.7. The van der Waals surface area contributed by atoms with Crippen LogP contribution in [0.5, 0.6) is 0 Å². The lowest BCUT2D eigenvalue weighted by Gasteiger charge is -2.09. The average molecular weight is 146 g/mol. The Kier molecular flexibility index (Phi) is 4.88. The van der Waals surface area contributed by atoms with Gasteiger partial charge in [-0.3, -0.25) is 4.79 Å². The molecule has 0 saturated heterocycles. The summed E-state index contributed by atoms with van der Waals surface area (Å²) >= 11 is 0. The molecule has 60 valence electrons. The number of aliphatic hydroxyl groups is 1. The third-order valence-electron chi connectivity index (χ3n) is 1.05. The first kappa shape index (κ1) is 9.39. The number of aliphatic hydroxyl groups excluding tert-OH is 1. The number of nitrogens with two attached hydrogens (primary N) is 1. The van der Waals surface area contributed by atoms with Crippen molar-refractivity contribution in [1.29, 1.82) is 0 Å². The molecular weight excluding hydrogens is 132 g/mol. The molecule has 0 aromatic rings. The van der Waals surface area contributed by atoms with Crippen LogP contribution in [-0.4, -0.2) is 30.2 Å². The van der Waals surface area contributed by atoms with Gasteiger partial charge in [-0.2, -0.15) is 0 Å². The van der Waals surface area contributed by atoms with Crippen LogP contribution in [0.1, 0.15) is 13.3 Å². The third-order valence-corrected chi connectivity index (χ3v) is 1.05. The molecule has 1 atom stereocenters. The molecule has 0 bridgehead atoms. The number of nitrogens with one attached hydrogen (secondary N) is 1. The molecule has 0 spiro atoms. The average Bonchev–Trinajstić information content (AvgIpc) is 1.88. The van der Waals surface area contributed by atoms with E-state index >= 15 is 0 Å². The number of rotatable bonds is 4. The molecule has 0 saturated carbocycles. The summed E-state index contributed by atoms with van der Waals surface area (Å²) in [4.78, 5) is 10.7. The van der Waals surface area contributed by atoms with Crippen molar-refractivity contribution in [3.63, 3.8) is 0 Å². The van der Waals surface area contributed by atoms with Gasteiger partial charge in [0.2, 0.25) is 5.91 Å². The Morgan fingerprint density at radius 3 is 2.80 bits per heavy atom. The number of carbonyl (C=O) groups is 1. The van der Waals surface area contributed by atoms with E-state index in [1.165, 1.54) is 0 Å². The van der Waals surface area contributed by atoms with E-state index in [1.54, 1.807) is 6.92 Å². The molecular formula is C6H14N2O2.